The van der Waals surface area contributed by atoms with Crippen LogP contribution in [0.3, 0.4) is 0 Å². The maximum atomic E-state index is 5.40. The number of aryl methyl sites for hydroxylation is 1. The molecule has 0 radical (unpaired) electrons. The molecule has 2 saturated heterocycles. The minimum Gasteiger partial charge on any atom is -0.381 e. The lowest BCUT2D eigenvalue weighted by Gasteiger charge is -2.39. The molecule has 2 fully saturated rings. The standard InChI is InChI=1S/C25H29N5O2/c1-2-25-26-9-10-30(25)17-22-15-24(32-27-22)8-5-20-3-6-23(7-4-20)29-13-11-28(12-14-29)16-21-18-31-19-21/h3-4,6-7,9-10,15,21H,2,11-14,16-19H2,1H3. The van der Waals surface area contributed by atoms with Crippen LogP contribution in [0.5, 0.6) is 0 Å². The Morgan fingerprint density at radius 3 is 2.59 bits per heavy atom. The number of hydrogen-bond donors (Lipinski definition) is 0. The third kappa shape index (κ3) is 4.87. The van der Waals surface area contributed by atoms with E-state index in [9.17, 15) is 0 Å². The van der Waals surface area contributed by atoms with E-state index in [4.69, 9.17) is 9.26 Å². The van der Waals surface area contributed by atoms with E-state index in [0.717, 1.165) is 68.8 Å². The highest BCUT2D eigenvalue weighted by molar-refractivity contribution is 5.51. The number of piperazine rings is 1. The van der Waals surface area contributed by atoms with Crippen LogP contribution in [0.15, 0.2) is 47.2 Å². The Morgan fingerprint density at radius 1 is 1.06 bits per heavy atom. The van der Waals surface area contributed by atoms with Crippen molar-refractivity contribution in [3.8, 4) is 11.8 Å². The number of anilines is 1. The van der Waals surface area contributed by atoms with E-state index < -0.39 is 0 Å². The summed E-state index contributed by atoms with van der Waals surface area (Å²) in [5, 5.41) is 4.14. The Labute approximate surface area is 189 Å². The van der Waals surface area contributed by atoms with Gasteiger partial charge >= 0.3 is 0 Å². The lowest BCUT2D eigenvalue weighted by atomic mass is 10.1. The summed E-state index contributed by atoms with van der Waals surface area (Å²) in [4.78, 5) is 9.35. The van der Waals surface area contributed by atoms with Crippen molar-refractivity contribution in [1.82, 2.24) is 19.6 Å². The molecule has 5 rings (SSSR count). The average Bonchev–Trinajstić information content (AvgIpc) is 3.45. The second kappa shape index (κ2) is 9.60. The molecule has 0 N–H and O–H groups in total. The topological polar surface area (TPSA) is 59.6 Å². The summed E-state index contributed by atoms with van der Waals surface area (Å²) < 4.78 is 12.8. The highest BCUT2D eigenvalue weighted by atomic mass is 16.5. The largest absolute Gasteiger partial charge is 0.381 e. The molecule has 7 heteroatoms. The fraction of sp³-hybridized carbons (Fsp3) is 0.440. The van der Waals surface area contributed by atoms with Crippen LogP contribution in [-0.2, 0) is 17.7 Å². The van der Waals surface area contributed by atoms with Crippen LogP contribution in [0.2, 0.25) is 0 Å². The first-order valence-corrected chi connectivity index (χ1v) is 11.4. The van der Waals surface area contributed by atoms with Gasteiger partial charge in [0, 0.05) is 74.8 Å². The van der Waals surface area contributed by atoms with E-state index in [0.29, 0.717) is 12.3 Å². The zero-order chi connectivity index (χ0) is 21.8. The summed E-state index contributed by atoms with van der Waals surface area (Å²) >= 11 is 0. The van der Waals surface area contributed by atoms with Gasteiger partial charge in [0.25, 0.3) is 0 Å². The SMILES string of the molecule is CCc1nccn1Cc1cc(C#Cc2ccc(N3CCN(CC4COC4)CC3)cc2)on1. The van der Waals surface area contributed by atoms with Crippen LogP contribution in [-0.4, -0.2) is 65.5 Å². The van der Waals surface area contributed by atoms with Crippen LogP contribution < -0.4 is 4.90 Å². The number of imidazole rings is 1. The third-order valence-electron chi connectivity index (χ3n) is 6.17. The van der Waals surface area contributed by atoms with Gasteiger partial charge in [0.1, 0.15) is 11.5 Å². The van der Waals surface area contributed by atoms with Gasteiger partial charge in [-0.25, -0.2) is 4.98 Å². The Morgan fingerprint density at radius 2 is 1.88 bits per heavy atom. The van der Waals surface area contributed by atoms with Crippen molar-refractivity contribution in [3.05, 3.63) is 65.6 Å². The molecule has 2 aliphatic rings. The van der Waals surface area contributed by atoms with E-state index in [-0.39, 0.29) is 0 Å². The van der Waals surface area contributed by atoms with Crippen molar-refractivity contribution in [3.63, 3.8) is 0 Å². The first kappa shape index (κ1) is 20.8. The van der Waals surface area contributed by atoms with Crippen molar-refractivity contribution in [2.75, 3.05) is 50.8 Å². The summed E-state index contributed by atoms with van der Waals surface area (Å²) in [7, 11) is 0. The van der Waals surface area contributed by atoms with Gasteiger partial charge < -0.3 is 18.7 Å². The zero-order valence-corrected chi connectivity index (χ0v) is 18.5. The molecular formula is C25H29N5O2. The quantitative estimate of drug-likeness (QED) is 0.560. The van der Waals surface area contributed by atoms with Gasteiger partial charge in [-0.3, -0.25) is 4.90 Å². The van der Waals surface area contributed by atoms with E-state index >= 15 is 0 Å². The minimum atomic E-state index is 0.579. The fourth-order valence-electron chi connectivity index (χ4n) is 4.25. The smallest absolute Gasteiger partial charge is 0.210 e. The number of nitrogens with zero attached hydrogens (tertiary/aromatic N) is 5. The van der Waals surface area contributed by atoms with Crippen molar-refractivity contribution < 1.29 is 9.26 Å². The number of benzene rings is 1. The molecule has 3 aromatic rings. The molecule has 7 nitrogen and oxygen atoms in total. The van der Waals surface area contributed by atoms with Crippen molar-refractivity contribution in [1.29, 1.82) is 0 Å². The second-order valence-corrected chi connectivity index (χ2v) is 8.50. The Balaban J connectivity index is 1.15. The predicted octanol–water partition coefficient (Wildman–Crippen LogP) is 2.65. The van der Waals surface area contributed by atoms with Gasteiger partial charge in [-0.1, -0.05) is 18.0 Å². The van der Waals surface area contributed by atoms with E-state index in [1.165, 1.54) is 12.2 Å². The van der Waals surface area contributed by atoms with Gasteiger partial charge in [0.05, 0.1) is 19.8 Å². The summed E-state index contributed by atoms with van der Waals surface area (Å²) in [5.41, 5.74) is 3.08. The van der Waals surface area contributed by atoms with Gasteiger partial charge in [0.2, 0.25) is 5.76 Å². The summed E-state index contributed by atoms with van der Waals surface area (Å²) in [6.45, 7) is 10.1. The maximum absolute atomic E-state index is 5.40. The lowest BCUT2D eigenvalue weighted by molar-refractivity contribution is -0.0468. The highest BCUT2D eigenvalue weighted by Crippen LogP contribution is 2.19. The maximum Gasteiger partial charge on any atom is 0.210 e. The molecule has 4 heterocycles. The minimum absolute atomic E-state index is 0.579. The monoisotopic (exact) mass is 431 g/mol. The molecular weight excluding hydrogens is 402 g/mol. The zero-order valence-electron chi connectivity index (χ0n) is 18.5. The van der Waals surface area contributed by atoms with Gasteiger partial charge in [-0.05, 0) is 30.2 Å². The predicted molar refractivity (Wildman–Crippen MR) is 123 cm³/mol. The van der Waals surface area contributed by atoms with Crippen LogP contribution >= 0.6 is 0 Å². The van der Waals surface area contributed by atoms with Crippen LogP contribution in [0.25, 0.3) is 0 Å². The van der Waals surface area contributed by atoms with Gasteiger partial charge in [-0.15, -0.1) is 0 Å². The van der Waals surface area contributed by atoms with Gasteiger partial charge in [0.15, 0.2) is 0 Å². The molecule has 2 aliphatic heterocycles. The van der Waals surface area contributed by atoms with E-state index in [1.54, 1.807) is 0 Å². The molecule has 0 bridgehead atoms. The summed E-state index contributed by atoms with van der Waals surface area (Å²) in [6, 6.07) is 10.4. The molecule has 0 aliphatic carbocycles. The molecule has 166 valence electrons. The fourth-order valence-corrected chi connectivity index (χ4v) is 4.25. The average molecular weight is 432 g/mol. The molecule has 0 atom stereocenters. The third-order valence-corrected chi connectivity index (χ3v) is 6.17. The first-order valence-electron chi connectivity index (χ1n) is 11.4. The highest BCUT2D eigenvalue weighted by Gasteiger charge is 2.24. The van der Waals surface area contributed by atoms with Crippen molar-refractivity contribution in [2.45, 2.75) is 19.9 Å². The molecule has 0 amide bonds. The molecule has 0 saturated carbocycles. The summed E-state index contributed by atoms with van der Waals surface area (Å²) in [5.74, 6) is 8.63. The van der Waals surface area contributed by atoms with Crippen molar-refractivity contribution in [2.24, 2.45) is 5.92 Å². The van der Waals surface area contributed by atoms with Crippen LogP contribution in [0.4, 0.5) is 5.69 Å². The molecule has 2 aromatic heterocycles. The number of hydrogen-bond acceptors (Lipinski definition) is 6. The van der Waals surface area contributed by atoms with Gasteiger partial charge in [-0.2, -0.15) is 0 Å². The van der Waals surface area contributed by atoms with Crippen LogP contribution in [0.1, 0.15) is 29.8 Å². The molecule has 0 spiro atoms. The normalized spacial score (nSPS) is 17.1. The molecule has 1 aromatic carbocycles. The number of aromatic nitrogens is 3. The van der Waals surface area contributed by atoms with E-state index in [1.807, 2.05) is 18.5 Å². The van der Waals surface area contributed by atoms with Crippen molar-refractivity contribution >= 4 is 5.69 Å². The molecule has 0 unspecified atom stereocenters. The second-order valence-electron chi connectivity index (χ2n) is 8.50. The Kier molecular flexibility index (Phi) is 6.24. The first-order chi connectivity index (χ1) is 15.8. The Hall–Kier alpha value is -3.08. The number of ether oxygens (including phenoxy) is 1. The Bertz CT molecular complexity index is 1080. The molecule has 32 heavy (non-hydrogen) atoms. The number of rotatable bonds is 6. The van der Waals surface area contributed by atoms with Crippen LogP contribution in [0, 0.1) is 17.8 Å². The lowest BCUT2D eigenvalue weighted by Crippen LogP contribution is -2.50. The summed E-state index contributed by atoms with van der Waals surface area (Å²) in [6.07, 6.45) is 4.66. The van der Waals surface area contributed by atoms with E-state index in [2.05, 4.69) is 67.5 Å².